The minimum absolute atomic E-state index is 0.166. The van der Waals surface area contributed by atoms with Gasteiger partial charge in [-0.25, -0.2) is 14.2 Å². The second kappa shape index (κ2) is 6.99. The molecule has 7 heteroatoms. The molecule has 6 nitrogen and oxygen atoms in total. The van der Waals surface area contributed by atoms with E-state index in [1.54, 1.807) is 6.07 Å². The van der Waals surface area contributed by atoms with Crippen LogP contribution < -0.4 is 5.69 Å². The maximum atomic E-state index is 13.1. The van der Waals surface area contributed by atoms with Crippen molar-refractivity contribution < 1.29 is 9.18 Å². The number of carbonyl (C=O) groups is 1. The Hall–Kier alpha value is -3.35. The molecule has 0 saturated heterocycles. The van der Waals surface area contributed by atoms with Gasteiger partial charge in [-0.05, 0) is 42.3 Å². The fourth-order valence-corrected chi connectivity index (χ4v) is 3.25. The van der Waals surface area contributed by atoms with Crippen molar-refractivity contribution in [3.63, 3.8) is 0 Å². The van der Waals surface area contributed by atoms with Gasteiger partial charge in [-0.2, -0.15) is 4.52 Å². The number of hydrogen-bond acceptors (Lipinski definition) is 4. The minimum Gasteiger partial charge on any atom is -0.292 e. The molecular formula is C21H19FN4O2. The predicted octanol–water partition coefficient (Wildman–Crippen LogP) is 3.26. The Balaban J connectivity index is 1.87. The molecule has 0 unspecified atom stereocenters. The van der Waals surface area contributed by atoms with Crippen LogP contribution in [0.3, 0.4) is 0 Å². The molecule has 2 aromatic carbocycles. The van der Waals surface area contributed by atoms with Gasteiger partial charge in [0.15, 0.2) is 17.3 Å². The van der Waals surface area contributed by atoms with E-state index in [1.807, 2.05) is 18.2 Å². The highest BCUT2D eigenvalue weighted by atomic mass is 19.1. The van der Waals surface area contributed by atoms with Gasteiger partial charge in [-0.15, -0.1) is 5.10 Å². The molecule has 28 heavy (non-hydrogen) atoms. The first-order valence-electron chi connectivity index (χ1n) is 9.10. The summed E-state index contributed by atoms with van der Waals surface area (Å²) in [6.45, 7) is 3.95. The van der Waals surface area contributed by atoms with Crippen LogP contribution in [0.1, 0.15) is 30.0 Å². The highest BCUT2D eigenvalue weighted by Gasteiger charge is 2.17. The average molecular weight is 378 g/mol. The summed E-state index contributed by atoms with van der Waals surface area (Å²) in [6, 6.07) is 12.6. The summed E-state index contributed by atoms with van der Waals surface area (Å²) in [5.41, 5.74) is 1.02. The fraction of sp³-hybridized carbons (Fsp3) is 0.238. The zero-order valence-corrected chi connectivity index (χ0v) is 15.6. The van der Waals surface area contributed by atoms with Crippen molar-refractivity contribution in [1.29, 1.82) is 0 Å². The lowest BCUT2D eigenvalue weighted by Gasteiger charge is -2.10. The Morgan fingerprint density at radius 1 is 1.11 bits per heavy atom. The number of nitrogens with zero attached hydrogens (tertiary/aromatic N) is 4. The third-order valence-electron chi connectivity index (χ3n) is 4.56. The molecule has 0 amide bonds. The van der Waals surface area contributed by atoms with Gasteiger partial charge < -0.3 is 0 Å². The van der Waals surface area contributed by atoms with Gasteiger partial charge in [0.1, 0.15) is 5.82 Å². The Bertz CT molecular complexity index is 1240. The quantitative estimate of drug-likeness (QED) is 0.500. The number of rotatable bonds is 5. The third kappa shape index (κ3) is 3.19. The summed E-state index contributed by atoms with van der Waals surface area (Å²) in [5.74, 6) is 0.251. The Labute approximate surface area is 160 Å². The summed E-state index contributed by atoms with van der Waals surface area (Å²) in [4.78, 5) is 30.3. The topological polar surface area (TPSA) is 69.3 Å². The van der Waals surface area contributed by atoms with Crippen LogP contribution in [-0.2, 0) is 13.0 Å². The van der Waals surface area contributed by atoms with Crippen molar-refractivity contribution in [3.8, 4) is 0 Å². The summed E-state index contributed by atoms with van der Waals surface area (Å²) >= 11 is 0. The lowest BCUT2D eigenvalue weighted by Crippen LogP contribution is -2.30. The van der Waals surface area contributed by atoms with Gasteiger partial charge in [-0.1, -0.05) is 26.0 Å². The van der Waals surface area contributed by atoms with Crippen LogP contribution in [-0.4, -0.2) is 24.9 Å². The van der Waals surface area contributed by atoms with Crippen molar-refractivity contribution in [2.45, 2.75) is 26.8 Å². The molecule has 2 aromatic heterocycles. The van der Waals surface area contributed by atoms with E-state index in [0.717, 1.165) is 5.39 Å². The molecule has 0 bridgehead atoms. The van der Waals surface area contributed by atoms with Crippen LogP contribution in [0.5, 0.6) is 0 Å². The number of para-hydroxylation sites is 1. The summed E-state index contributed by atoms with van der Waals surface area (Å²) in [7, 11) is 0. The first kappa shape index (κ1) is 18.0. The van der Waals surface area contributed by atoms with Crippen LogP contribution in [0.15, 0.2) is 53.3 Å². The van der Waals surface area contributed by atoms with Crippen molar-refractivity contribution >= 4 is 22.3 Å². The number of aromatic nitrogens is 4. The van der Waals surface area contributed by atoms with E-state index in [-0.39, 0.29) is 12.3 Å². The van der Waals surface area contributed by atoms with Gasteiger partial charge in [0.25, 0.3) is 0 Å². The van der Waals surface area contributed by atoms with Gasteiger partial charge in [0.2, 0.25) is 0 Å². The van der Waals surface area contributed by atoms with E-state index in [0.29, 0.717) is 34.9 Å². The molecule has 0 saturated carbocycles. The highest BCUT2D eigenvalue weighted by Crippen LogP contribution is 2.18. The zero-order valence-electron chi connectivity index (χ0n) is 15.6. The second-order valence-corrected chi connectivity index (χ2v) is 7.18. The van der Waals surface area contributed by atoms with Gasteiger partial charge in [0, 0.05) is 17.4 Å². The normalized spacial score (nSPS) is 11.6. The largest absolute Gasteiger partial charge is 0.351 e. The van der Waals surface area contributed by atoms with Gasteiger partial charge >= 0.3 is 5.69 Å². The van der Waals surface area contributed by atoms with E-state index in [2.05, 4.69) is 23.9 Å². The van der Waals surface area contributed by atoms with Gasteiger partial charge in [0.05, 0.1) is 12.1 Å². The highest BCUT2D eigenvalue weighted by molar-refractivity contribution is 5.97. The third-order valence-corrected chi connectivity index (χ3v) is 4.56. The van der Waals surface area contributed by atoms with Crippen LogP contribution in [0.2, 0.25) is 0 Å². The Morgan fingerprint density at radius 2 is 1.82 bits per heavy atom. The average Bonchev–Trinajstić information content (AvgIpc) is 3.09. The molecular weight excluding hydrogens is 359 g/mol. The van der Waals surface area contributed by atoms with Crippen LogP contribution >= 0.6 is 0 Å². The maximum Gasteiger partial charge on any atom is 0.351 e. The molecule has 2 heterocycles. The molecule has 0 fully saturated rings. The number of fused-ring (bicyclic) bond motifs is 3. The van der Waals surface area contributed by atoms with E-state index < -0.39 is 11.5 Å². The smallest absolute Gasteiger partial charge is 0.292 e. The molecule has 0 aliphatic rings. The first-order valence-corrected chi connectivity index (χ1v) is 9.10. The molecule has 0 spiro atoms. The van der Waals surface area contributed by atoms with E-state index in [9.17, 15) is 14.0 Å². The van der Waals surface area contributed by atoms with Crippen LogP contribution in [0, 0.1) is 11.7 Å². The van der Waals surface area contributed by atoms with Crippen molar-refractivity contribution in [3.05, 3.63) is 76.2 Å². The number of hydrogen-bond donors (Lipinski definition) is 0. The molecule has 4 aromatic rings. The van der Waals surface area contributed by atoms with E-state index >= 15 is 0 Å². The minimum atomic E-state index is -0.424. The fourth-order valence-electron chi connectivity index (χ4n) is 3.25. The molecule has 0 radical (unpaired) electrons. The van der Waals surface area contributed by atoms with E-state index in [4.69, 9.17) is 0 Å². The van der Waals surface area contributed by atoms with Crippen molar-refractivity contribution in [2.75, 3.05) is 0 Å². The Kier molecular flexibility index (Phi) is 4.50. The van der Waals surface area contributed by atoms with Crippen LogP contribution in [0.4, 0.5) is 4.39 Å². The molecule has 0 N–H and O–H groups in total. The summed E-state index contributed by atoms with van der Waals surface area (Å²) in [6.07, 6.45) is 0.657. The van der Waals surface area contributed by atoms with Gasteiger partial charge in [-0.3, -0.25) is 9.36 Å². The number of Topliss-reactive ketones (excluding diaryl/α,β-unsaturated/α-hetero) is 1. The zero-order chi connectivity index (χ0) is 19.8. The summed E-state index contributed by atoms with van der Waals surface area (Å²) in [5, 5.41) is 5.11. The summed E-state index contributed by atoms with van der Waals surface area (Å²) < 4.78 is 15.8. The molecule has 4 rings (SSSR count). The van der Waals surface area contributed by atoms with E-state index in [1.165, 1.54) is 33.3 Å². The number of carbonyl (C=O) groups excluding carboxylic acids is 1. The number of benzene rings is 2. The lowest BCUT2D eigenvalue weighted by molar-refractivity contribution is 0.0971. The number of ketones is 1. The monoisotopic (exact) mass is 378 g/mol. The SMILES string of the molecule is CC(C)Cc1nc2c3ccccc3n(CC(=O)c3ccc(F)cc3)c(=O)n2n1. The first-order chi connectivity index (χ1) is 13.4. The Morgan fingerprint density at radius 3 is 2.54 bits per heavy atom. The number of halogens is 1. The maximum absolute atomic E-state index is 13.1. The molecule has 0 aliphatic heterocycles. The predicted molar refractivity (Wildman–Crippen MR) is 104 cm³/mol. The van der Waals surface area contributed by atoms with Crippen molar-refractivity contribution in [1.82, 2.24) is 19.2 Å². The molecule has 0 aliphatic carbocycles. The standard InChI is InChI=1S/C21H19FN4O2/c1-13(2)11-19-23-20-16-5-3-4-6-17(16)25(21(28)26(20)24-19)12-18(27)14-7-9-15(22)10-8-14/h3-10,13H,11-12H2,1-2H3. The second-order valence-electron chi connectivity index (χ2n) is 7.18. The molecule has 142 valence electrons. The van der Waals surface area contributed by atoms with Crippen LogP contribution in [0.25, 0.3) is 16.6 Å². The lowest BCUT2D eigenvalue weighted by atomic mass is 10.1. The van der Waals surface area contributed by atoms with Crippen molar-refractivity contribution in [2.24, 2.45) is 5.92 Å². The molecule has 0 atom stereocenters.